The molecule has 22 heavy (non-hydrogen) atoms. The average Bonchev–Trinajstić information content (AvgIpc) is 2.84. The highest BCUT2D eigenvalue weighted by molar-refractivity contribution is 8.01. The summed E-state index contributed by atoms with van der Waals surface area (Å²) < 4.78 is 1.46. The summed E-state index contributed by atoms with van der Waals surface area (Å²) in [7, 11) is 0. The van der Waals surface area contributed by atoms with E-state index in [2.05, 4.69) is 39.8 Å². The van der Waals surface area contributed by atoms with Crippen LogP contribution in [0, 0.1) is 15.8 Å². The van der Waals surface area contributed by atoms with E-state index < -0.39 is 0 Å². The van der Waals surface area contributed by atoms with Gasteiger partial charge < -0.3 is 5.32 Å². The molecule has 2 aromatic rings. The maximum absolute atomic E-state index is 11.9. The number of aromatic amines is 1. The second-order valence-electron chi connectivity index (χ2n) is 5.73. The smallest absolute Gasteiger partial charge is 0.230 e. The summed E-state index contributed by atoms with van der Waals surface area (Å²) in [6, 6.07) is 8.70. The van der Waals surface area contributed by atoms with E-state index in [1.54, 1.807) is 0 Å². The van der Waals surface area contributed by atoms with Gasteiger partial charge in [0.15, 0.2) is 8.29 Å². The molecular formula is C15H15N3OS3. The van der Waals surface area contributed by atoms with Crippen molar-refractivity contribution in [2.75, 3.05) is 12.3 Å². The summed E-state index contributed by atoms with van der Waals surface area (Å²) in [6.07, 6.45) is 1.17. The molecule has 1 aromatic carbocycles. The number of rotatable bonds is 5. The van der Waals surface area contributed by atoms with Crippen molar-refractivity contribution in [3.8, 4) is 0 Å². The summed E-state index contributed by atoms with van der Waals surface area (Å²) in [6.45, 7) is 0.791. The molecule has 1 fully saturated rings. The zero-order valence-corrected chi connectivity index (χ0v) is 14.2. The molecular weight excluding hydrogens is 334 g/mol. The Hall–Kier alpha value is -1.18. The fraction of sp³-hybridized carbons (Fsp3) is 0.400. The number of carbonyl (C=O) groups excluding carboxylic acids is 1. The fourth-order valence-electron chi connectivity index (χ4n) is 3.45. The Bertz CT molecular complexity index is 769. The van der Waals surface area contributed by atoms with Gasteiger partial charge in [0.1, 0.15) is 0 Å². The number of hydrogen-bond donors (Lipinski definition) is 2. The molecule has 1 saturated carbocycles. The van der Waals surface area contributed by atoms with E-state index >= 15 is 0 Å². The van der Waals surface area contributed by atoms with Crippen LogP contribution < -0.4 is 5.32 Å². The molecule has 0 aliphatic heterocycles. The quantitative estimate of drug-likeness (QED) is 0.644. The third-order valence-corrected chi connectivity index (χ3v) is 6.71. The van der Waals surface area contributed by atoms with Gasteiger partial charge in [0.2, 0.25) is 5.91 Å². The van der Waals surface area contributed by atoms with Gasteiger partial charge in [0.25, 0.3) is 0 Å². The minimum Gasteiger partial charge on any atom is -0.355 e. The van der Waals surface area contributed by atoms with Crippen molar-refractivity contribution < 1.29 is 4.79 Å². The third kappa shape index (κ3) is 2.73. The molecule has 114 valence electrons. The van der Waals surface area contributed by atoms with Crippen molar-refractivity contribution in [3.05, 3.63) is 39.3 Å². The number of benzene rings is 1. The molecule has 1 aromatic heterocycles. The van der Waals surface area contributed by atoms with Gasteiger partial charge in [-0.05, 0) is 47.5 Å². The summed E-state index contributed by atoms with van der Waals surface area (Å²) in [4.78, 5) is 11.9. The summed E-state index contributed by atoms with van der Waals surface area (Å²) >= 11 is 7.80. The van der Waals surface area contributed by atoms with Crippen molar-refractivity contribution in [2.24, 2.45) is 11.8 Å². The van der Waals surface area contributed by atoms with Crippen LogP contribution in [-0.2, 0) is 11.2 Å². The highest BCUT2D eigenvalue weighted by atomic mass is 32.2. The summed E-state index contributed by atoms with van der Waals surface area (Å²) in [5.41, 5.74) is 2.99. The average molecular weight is 350 g/mol. The minimum absolute atomic E-state index is 0.0735. The Morgan fingerprint density at radius 2 is 2.36 bits per heavy atom. The molecule has 0 spiro atoms. The molecule has 4 rings (SSSR count). The fourth-order valence-corrected chi connectivity index (χ4v) is 5.36. The lowest BCUT2D eigenvalue weighted by atomic mass is 10.0. The van der Waals surface area contributed by atoms with Crippen LogP contribution in [-0.4, -0.2) is 28.4 Å². The first kappa shape index (κ1) is 14.4. The standard InChI is InChI=1S/C15H15N3OS3/c19-12(7-21-15-18-17-14(20)22-15)16-6-11-10-5-8-3-1-2-4-9(8)13(10)11/h1-4,10-11,13H,5-7H2,(H,16,19)(H,17,20)/t10-,11+,13+/m0/s1. The lowest BCUT2D eigenvalue weighted by Gasteiger charge is -2.08. The van der Waals surface area contributed by atoms with Crippen LogP contribution in [0.5, 0.6) is 0 Å². The topological polar surface area (TPSA) is 57.8 Å². The SMILES string of the molecule is O=C(CSc1n[nH]c(=S)s1)NC[C@@H]1[C@@H]2Cc3ccccc3[C@@H]12. The zero-order chi connectivity index (χ0) is 15.1. The second-order valence-corrected chi connectivity index (χ2v) is 8.62. The van der Waals surface area contributed by atoms with Crippen LogP contribution >= 0.6 is 35.3 Å². The molecule has 1 amide bonds. The number of nitrogens with one attached hydrogen (secondary N) is 2. The van der Waals surface area contributed by atoms with Gasteiger partial charge in [-0.15, -0.1) is 0 Å². The molecule has 2 aliphatic carbocycles. The molecule has 1 heterocycles. The van der Waals surface area contributed by atoms with Gasteiger partial charge in [-0.3, -0.25) is 9.89 Å². The highest BCUT2D eigenvalue weighted by Crippen LogP contribution is 2.60. The Labute approximate surface area is 141 Å². The lowest BCUT2D eigenvalue weighted by Crippen LogP contribution is -2.28. The first-order chi connectivity index (χ1) is 10.7. The molecule has 7 heteroatoms. The number of thioether (sulfide) groups is 1. The summed E-state index contributed by atoms with van der Waals surface area (Å²) in [5, 5.41) is 9.82. The Morgan fingerprint density at radius 1 is 1.50 bits per heavy atom. The Kier molecular flexibility index (Phi) is 3.79. The number of fused-ring (bicyclic) bond motifs is 3. The molecule has 0 bridgehead atoms. The number of hydrogen-bond acceptors (Lipinski definition) is 5. The number of aromatic nitrogens is 2. The van der Waals surface area contributed by atoms with E-state index in [4.69, 9.17) is 12.2 Å². The van der Waals surface area contributed by atoms with E-state index in [0.29, 0.717) is 21.5 Å². The molecule has 4 nitrogen and oxygen atoms in total. The minimum atomic E-state index is 0.0735. The van der Waals surface area contributed by atoms with E-state index in [1.165, 1.54) is 40.6 Å². The van der Waals surface area contributed by atoms with Crippen LogP contribution in [0.25, 0.3) is 0 Å². The number of H-pyrrole nitrogens is 1. The van der Waals surface area contributed by atoms with Crippen LogP contribution in [0.2, 0.25) is 0 Å². The van der Waals surface area contributed by atoms with Crippen LogP contribution in [0.15, 0.2) is 28.6 Å². The molecule has 0 radical (unpaired) electrons. The number of nitrogens with zero attached hydrogens (tertiary/aromatic N) is 1. The highest BCUT2D eigenvalue weighted by Gasteiger charge is 2.54. The van der Waals surface area contributed by atoms with Gasteiger partial charge in [0, 0.05) is 6.54 Å². The first-order valence-electron chi connectivity index (χ1n) is 7.25. The van der Waals surface area contributed by atoms with E-state index in [1.807, 2.05) is 0 Å². The Morgan fingerprint density at radius 3 is 3.18 bits per heavy atom. The van der Waals surface area contributed by atoms with E-state index in [9.17, 15) is 4.79 Å². The van der Waals surface area contributed by atoms with Crippen molar-refractivity contribution in [2.45, 2.75) is 16.7 Å². The molecule has 2 aliphatic rings. The van der Waals surface area contributed by atoms with Crippen LogP contribution in [0.3, 0.4) is 0 Å². The number of amides is 1. The lowest BCUT2D eigenvalue weighted by molar-refractivity contribution is -0.118. The predicted octanol–water partition coefficient (Wildman–Crippen LogP) is 2.99. The van der Waals surface area contributed by atoms with Gasteiger partial charge >= 0.3 is 0 Å². The Balaban J connectivity index is 1.25. The van der Waals surface area contributed by atoms with Crippen molar-refractivity contribution in [3.63, 3.8) is 0 Å². The second kappa shape index (κ2) is 5.79. The first-order valence-corrected chi connectivity index (χ1v) is 9.46. The van der Waals surface area contributed by atoms with Gasteiger partial charge in [0.05, 0.1) is 5.75 Å². The molecule has 3 atom stereocenters. The van der Waals surface area contributed by atoms with Crippen LogP contribution in [0.4, 0.5) is 0 Å². The van der Waals surface area contributed by atoms with E-state index in [0.717, 1.165) is 16.8 Å². The molecule has 2 N–H and O–H groups in total. The van der Waals surface area contributed by atoms with Crippen LogP contribution in [0.1, 0.15) is 17.0 Å². The third-order valence-electron chi connectivity index (χ3n) is 4.48. The van der Waals surface area contributed by atoms with Gasteiger partial charge in [-0.25, -0.2) is 0 Å². The normalized spacial score (nSPS) is 24.6. The molecule has 0 unspecified atom stereocenters. The van der Waals surface area contributed by atoms with Crippen molar-refractivity contribution in [1.29, 1.82) is 0 Å². The van der Waals surface area contributed by atoms with Crippen molar-refractivity contribution >= 4 is 41.2 Å². The predicted molar refractivity (Wildman–Crippen MR) is 90.9 cm³/mol. The summed E-state index contributed by atoms with van der Waals surface area (Å²) in [5.74, 6) is 2.50. The zero-order valence-electron chi connectivity index (χ0n) is 11.7. The van der Waals surface area contributed by atoms with Gasteiger partial charge in [-0.1, -0.05) is 47.4 Å². The van der Waals surface area contributed by atoms with E-state index in [-0.39, 0.29) is 5.91 Å². The molecule has 0 saturated heterocycles. The monoisotopic (exact) mass is 349 g/mol. The van der Waals surface area contributed by atoms with Gasteiger partial charge in [-0.2, -0.15) is 5.10 Å². The maximum atomic E-state index is 11.9. The number of carbonyl (C=O) groups is 1. The maximum Gasteiger partial charge on any atom is 0.230 e. The largest absolute Gasteiger partial charge is 0.355 e. The van der Waals surface area contributed by atoms with Crippen molar-refractivity contribution in [1.82, 2.24) is 15.5 Å².